The molecule has 2 aromatic rings. The Morgan fingerprint density at radius 3 is 2.26 bits per heavy atom. The molecule has 0 radical (unpaired) electrons. The van der Waals surface area contributed by atoms with E-state index in [4.69, 9.17) is 0 Å². The summed E-state index contributed by atoms with van der Waals surface area (Å²) >= 11 is 3.38. The molecular formula is C25H32BrN5O4. The van der Waals surface area contributed by atoms with E-state index in [1.165, 1.54) is 22.7 Å². The van der Waals surface area contributed by atoms with Gasteiger partial charge in [0.05, 0.1) is 0 Å². The number of hydrogen-bond donors (Lipinski definition) is 0. The Labute approximate surface area is 213 Å². The van der Waals surface area contributed by atoms with Gasteiger partial charge in [-0.1, -0.05) is 27.6 Å². The van der Waals surface area contributed by atoms with Crippen LogP contribution in [0.3, 0.4) is 0 Å². The Morgan fingerprint density at radius 1 is 1.03 bits per heavy atom. The van der Waals surface area contributed by atoms with Gasteiger partial charge in [0.2, 0.25) is 5.91 Å². The first-order valence-electron chi connectivity index (χ1n) is 11.6. The zero-order valence-electron chi connectivity index (χ0n) is 20.7. The molecule has 0 unspecified atom stereocenters. The SMILES string of the molecule is CC(C)=CCN(C(=O)CCN1CCN(C(=O)c2ccc(Br)cc2)CC1)c1cn(C)c(=O)n(C)c1=O. The van der Waals surface area contributed by atoms with Crippen LogP contribution >= 0.6 is 15.9 Å². The fraction of sp³-hybridized carbons (Fsp3) is 0.440. The molecule has 0 saturated carbocycles. The minimum atomic E-state index is -0.497. The first-order chi connectivity index (χ1) is 16.6. The van der Waals surface area contributed by atoms with Crippen LogP contribution in [0.4, 0.5) is 5.69 Å². The van der Waals surface area contributed by atoms with Crippen molar-refractivity contribution in [2.45, 2.75) is 20.3 Å². The predicted molar refractivity (Wildman–Crippen MR) is 140 cm³/mol. The predicted octanol–water partition coefficient (Wildman–Crippen LogP) is 1.99. The second kappa shape index (κ2) is 11.6. The number of carbonyl (C=O) groups is 2. The molecular weight excluding hydrogens is 514 g/mol. The number of benzene rings is 1. The summed E-state index contributed by atoms with van der Waals surface area (Å²) in [5.74, 6) is -0.182. The highest BCUT2D eigenvalue weighted by Crippen LogP contribution is 2.15. The van der Waals surface area contributed by atoms with Crippen molar-refractivity contribution < 1.29 is 9.59 Å². The van der Waals surface area contributed by atoms with Crippen molar-refractivity contribution in [1.29, 1.82) is 0 Å². The lowest BCUT2D eigenvalue weighted by Crippen LogP contribution is -2.49. The molecule has 10 heteroatoms. The van der Waals surface area contributed by atoms with Crippen molar-refractivity contribution in [3.05, 3.63) is 73.0 Å². The van der Waals surface area contributed by atoms with Gasteiger partial charge in [0.1, 0.15) is 5.69 Å². The Bertz CT molecular complexity index is 1220. The van der Waals surface area contributed by atoms with Gasteiger partial charge in [-0.2, -0.15) is 0 Å². The topological polar surface area (TPSA) is 87.9 Å². The fourth-order valence-electron chi connectivity index (χ4n) is 3.92. The number of aromatic nitrogens is 2. The first kappa shape index (κ1) is 26.6. The summed E-state index contributed by atoms with van der Waals surface area (Å²) in [5.41, 5.74) is 0.927. The van der Waals surface area contributed by atoms with Gasteiger partial charge in [0.25, 0.3) is 11.5 Å². The van der Waals surface area contributed by atoms with Crippen LogP contribution in [0.5, 0.6) is 0 Å². The molecule has 2 heterocycles. The molecule has 0 spiro atoms. The number of carbonyl (C=O) groups excluding carboxylic acids is 2. The van der Waals surface area contributed by atoms with Crippen LogP contribution in [0.15, 0.2) is 56.2 Å². The van der Waals surface area contributed by atoms with Crippen LogP contribution < -0.4 is 16.1 Å². The number of rotatable bonds is 7. The van der Waals surface area contributed by atoms with Gasteiger partial charge < -0.3 is 14.4 Å². The van der Waals surface area contributed by atoms with Crippen molar-refractivity contribution in [3.63, 3.8) is 0 Å². The van der Waals surface area contributed by atoms with Crippen molar-refractivity contribution in [1.82, 2.24) is 18.9 Å². The number of nitrogens with zero attached hydrogens (tertiary/aromatic N) is 5. The number of halogens is 1. The van der Waals surface area contributed by atoms with E-state index in [0.717, 1.165) is 14.6 Å². The van der Waals surface area contributed by atoms with E-state index in [9.17, 15) is 19.2 Å². The third kappa shape index (κ3) is 6.58. The second-order valence-electron chi connectivity index (χ2n) is 8.95. The van der Waals surface area contributed by atoms with Crippen LogP contribution in [0.25, 0.3) is 0 Å². The van der Waals surface area contributed by atoms with Crippen LogP contribution in [-0.2, 0) is 18.9 Å². The molecule has 2 amide bonds. The van der Waals surface area contributed by atoms with E-state index < -0.39 is 11.2 Å². The molecule has 1 aromatic carbocycles. The van der Waals surface area contributed by atoms with E-state index in [1.807, 2.05) is 49.1 Å². The Balaban J connectivity index is 1.64. The summed E-state index contributed by atoms with van der Waals surface area (Å²) in [6.45, 7) is 7.15. The monoisotopic (exact) mass is 545 g/mol. The highest BCUT2D eigenvalue weighted by Gasteiger charge is 2.24. The number of aryl methyl sites for hydroxylation is 1. The van der Waals surface area contributed by atoms with Crippen molar-refractivity contribution >= 4 is 33.4 Å². The molecule has 0 atom stereocenters. The third-order valence-corrected chi connectivity index (χ3v) is 6.62. The van der Waals surface area contributed by atoms with Crippen molar-refractivity contribution in [3.8, 4) is 0 Å². The summed E-state index contributed by atoms with van der Waals surface area (Å²) in [6, 6.07) is 7.33. The van der Waals surface area contributed by atoms with E-state index in [0.29, 0.717) is 38.3 Å². The normalized spacial score (nSPS) is 14.0. The number of amides is 2. The highest BCUT2D eigenvalue weighted by atomic mass is 79.9. The summed E-state index contributed by atoms with van der Waals surface area (Å²) in [7, 11) is 2.97. The van der Waals surface area contributed by atoms with Crippen LogP contribution in [0, 0.1) is 0 Å². The molecule has 1 aliphatic rings. The average Bonchev–Trinajstić information content (AvgIpc) is 2.84. The average molecular weight is 546 g/mol. The van der Waals surface area contributed by atoms with Gasteiger partial charge in [-0.15, -0.1) is 0 Å². The molecule has 1 saturated heterocycles. The van der Waals surface area contributed by atoms with E-state index >= 15 is 0 Å². The summed E-state index contributed by atoms with van der Waals surface area (Å²) in [4.78, 5) is 56.2. The highest BCUT2D eigenvalue weighted by molar-refractivity contribution is 9.10. The number of piperazine rings is 1. The van der Waals surface area contributed by atoms with Gasteiger partial charge in [-0.25, -0.2) is 4.79 Å². The Kier molecular flexibility index (Phi) is 8.85. The van der Waals surface area contributed by atoms with Gasteiger partial charge in [0, 0.05) is 76.0 Å². The summed E-state index contributed by atoms with van der Waals surface area (Å²) < 4.78 is 3.25. The maximum absolute atomic E-state index is 13.2. The lowest BCUT2D eigenvalue weighted by molar-refractivity contribution is -0.118. The van der Waals surface area contributed by atoms with Crippen LogP contribution in [-0.4, -0.2) is 70.0 Å². The lowest BCUT2D eigenvalue weighted by Gasteiger charge is -2.35. The molecule has 0 aliphatic carbocycles. The molecule has 0 bridgehead atoms. The first-order valence-corrected chi connectivity index (χ1v) is 12.4. The van der Waals surface area contributed by atoms with E-state index in [-0.39, 0.29) is 30.5 Å². The Hall–Kier alpha value is -2.98. The van der Waals surface area contributed by atoms with Gasteiger partial charge in [-0.3, -0.25) is 23.9 Å². The minimum Gasteiger partial charge on any atom is -0.336 e. The zero-order chi connectivity index (χ0) is 25.7. The quantitative estimate of drug-likeness (QED) is 0.496. The number of anilines is 1. The largest absolute Gasteiger partial charge is 0.336 e. The zero-order valence-corrected chi connectivity index (χ0v) is 22.2. The lowest BCUT2D eigenvalue weighted by atomic mass is 10.2. The number of hydrogen-bond acceptors (Lipinski definition) is 5. The van der Waals surface area contributed by atoms with Crippen molar-refractivity contribution in [2.24, 2.45) is 14.1 Å². The minimum absolute atomic E-state index is 0.00617. The second-order valence-corrected chi connectivity index (χ2v) is 9.86. The maximum Gasteiger partial charge on any atom is 0.330 e. The van der Waals surface area contributed by atoms with Gasteiger partial charge in [-0.05, 0) is 38.1 Å². The molecule has 1 aliphatic heterocycles. The van der Waals surface area contributed by atoms with Gasteiger partial charge >= 0.3 is 5.69 Å². The summed E-state index contributed by atoms with van der Waals surface area (Å²) in [5, 5.41) is 0. The van der Waals surface area contributed by atoms with Gasteiger partial charge in [0.15, 0.2) is 0 Å². The maximum atomic E-state index is 13.2. The smallest absolute Gasteiger partial charge is 0.330 e. The standard InChI is InChI=1S/C25H32BrN5O4/c1-18(2)9-12-31(21-17-27(3)25(35)28(4)24(21)34)22(32)10-11-29-13-15-30(16-14-29)23(33)19-5-7-20(26)8-6-19/h5-9,17H,10-16H2,1-4H3. The van der Waals surface area contributed by atoms with Crippen molar-refractivity contribution in [2.75, 3.05) is 44.2 Å². The fourth-order valence-corrected chi connectivity index (χ4v) is 4.19. The molecule has 1 fully saturated rings. The number of allylic oxidation sites excluding steroid dienone is 1. The molecule has 3 rings (SSSR count). The van der Waals surface area contributed by atoms with Crippen LogP contribution in [0.2, 0.25) is 0 Å². The Morgan fingerprint density at radius 2 is 1.66 bits per heavy atom. The molecule has 1 aromatic heterocycles. The van der Waals surface area contributed by atoms with E-state index in [1.54, 1.807) is 7.05 Å². The molecule has 9 nitrogen and oxygen atoms in total. The molecule has 35 heavy (non-hydrogen) atoms. The van der Waals surface area contributed by atoms with Crippen LogP contribution in [0.1, 0.15) is 30.6 Å². The molecule has 0 N–H and O–H groups in total. The third-order valence-electron chi connectivity index (χ3n) is 6.09. The summed E-state index contributed by atoms with van der Waals surface area (Å²) in [6.07, 6.45) is 3.53. The van der Waals surface area contributed by atoms with E-state index in [2.05, 4.69) is 20.8 Å². The molecule has 188 valence electrons.